The second-order valence-corrected chi connectivity index (χ2v) is 27.1. The van der Waals surface area contributed by atoms with Crippen LogP contribution < -0.4 is 70.4 Å². The highest BCUT2D eigenvalue weighted by Crippen LogP contribution is 2.26. The van der Waals surface area contributed by atoms with Gasteiger partial charge in [-0.25, -0.2) is 4.79 Å². The van der Waals surface area contributed by atoms with Crippen molar-refractivity contribution in [3.8, 4) is 0 Å². The molecule has 564 valence electrons. The number of aliphatic carboxylic acids is 2. The highest BCUT2D eigenvalue weighted by atomic mass is 16.4. The van der Waals surface area contributed by atoms with Gasteiger partial charge in [0.15, 0.2) is 6.04 Å². The first-order valence-electron chi connectivity index (χ1n) is 34.3. The standard InChI is InChI=1S/C64H108N16O20/c1-10-35(8)51(76-60(95)46-19-14-21-78(46)61(96)37(16-11-12-20-65)69-48(84)29-66)63(98)80-23-15-18-45(80)59(94)74-42(27-47(67)83)62(97)79-22-13-17-44(79)58(93)73-40(26-34(6)7)55(90)71-38(24-32(2)3)53(88)68-30-49(85)70-39(25-33(4)5)54(89)72-41(28-50(86)87)56(91)75-43(31-81)57(92)77-52(36(9)82)64(99)100/h32-46,51-52,81-82H,10-31,65-66H2,1-9H3,(H2,67,83)(H,68,88)(H,69,84)(H,70,85)(H,71,90)(H,72,89)(H,73,93)(H,74,94)(H,75,91)(H,76,95)(H,77,92)(H,86,87)(H,99,100). The zero-order valence-electron chi connectivity index (χ0n) is 58.8. The average molecular weight is 1420 g/mol. The Morgan fingerprint density at radius 1 is 0.470 bits per heavy atom. The highest BCUT2D eigenvalue weighted by Gasteiger charge is 2.46. The van der Waals surface area contributed by atoms with E-state index in [1.54, 1.807) is 48.5 Å². The van der Waals surface area contributed by atoms with E-state index in [-0.39, 0.29) is 95.3 Å². The van der Waals surface area contributed by atoms with Crippen LogP contribution in [-0.2, 0) is 76.7 Å². The summed E-state index contributed by atoms with van der Waals surface area (Å²) in [5.41, 5.74) is 16.9. The zero-order chi connectivity index (χ0) is 75.4. The molecule has 0 spiro atoms. The van der Waals surface area contributed by atoms with Crippen molar-refractivity contribution in [2.45, 2.75) is 237 Å². The minimum absolute atomic E-state index is 0.00593. The smallest absolute Gasteiger partial charge is 0.328 e. The fourth-order valence-electron chi connectivity index (χ4n) is 12.0. The Labute approximate surface area is 581 Å². The number of likely N-dealkylation sites (tertiary alicyclic amines) is 3. The molecule has 0 aromatic rings. The van der Waals surface area contributed by atoms with E-state index in [4.69, 9.17) is 17.2 Å². The summed E-state index contributed by atoms with van der Waals surface area (Å²) in [6, 6.07) is -17.0. The van der Waals surface area contributed by atoms with Crippen LogP contribution in [0.25, 0.3) is 0 Å². The third-order valence-corrected chi connectivity index (χ3v) is 17.4. The number of nitrogens with one attached hydrogen (secondary N) is 10. The van der Waals surface area contributed by atoms with Crippen LogP contribution in [0.2, 0.25) is 0 Å². The maximum Gasteiger partial charge on any atom is 0.328 e. The molecule has 36 heteroatoms. The highest BCUT2D eigenvalue weighted by molar-refractivity contribution is 6.01. The molecular weight excluding hydrogens is 1310 g/mol. The second-order valence-electron chi connectivity index (χ2n) is 27.1. The Hall–Kier alpha value is -8.64. The van der Waals surface area contributed by atoms with Gasteiger partial charge in [-0.2, -0.15) is 0 Å². The number of primary amides is 1. The number of nitrogens with two attached hydrogens (primary N) is 3. The Morgan fingerprint density at radius 3 is 1.33 bits per heavy atom. The fraction of sp³-hybridized carbons (Fsp3) is 0.750. The van der Waals surface area contributed by atoms with Crippen LogP contribution in [0.1, 0.15) is 159 Å². The summed E-state index contributed by atoms with van der Waals surface area (Å²) in [4.78, 5) is 220. The topological polar surface area (TPSA) is 562 Å². The molecule has 3 heterocycles. The normalized spacial score (nSPS) is 19.2. The minimum Gasteiger partial charge on any atom is -0.481 e. The molecule has 3 saturated heterocycles. The predicted octanol–water partition coefficient (Wildman–Crippen LogP) is -5.48. The number of carbonyl (C=O) groups excluding carboxylic acids is 14. The number of rotatable bonds is 42. The SMILES string of the molecule is CCC(C)C(NC(=O)C1CCCN1C(=O)C(CCCCN)NC(=O)CN)C(=O)N1CCCC1C(=O)NC(CC(N)=O)C(=O)N1CCCC1C(=O)NC(CC(C)C)C(=O)NC(CC(C)C)C(=O)NCC(=O)NC(CC(C)C)C(=O)NC(CC(=O)O)C(=O)NC(CO)C(=O)NC(C(=O)O)C(C)O. The van der Waals surface area contributed by atoms with Crippen LogP contribution in [0.4, 0.5) is 0 Å². The lowest BCUT2D eigenvalue weighted by Gasteiger charge is -2.34. The molecule has 3 aliphatic heterocycles. The fourth-order valence-corrected chi connectivity index (χ4v) is 12.0. The van der Waals surface area contributed by atoms with E-state index < -0.39 is 205 Å². The van der Waals surface area contributed by atoms with Crippen molar-refractivity contribution in [3.05, 3.63) is 0 Å². The molecule has 0 bridgehead atoms. The number of hydrogen-bond acceptors (Lipinski definition) is 20. The van der Waals surface area contributed by atoms with E-state index >= 15 is 0 Å². The van der Waals surface area contributed by atoms with E-state index in [2.05, 4.69) is 42.5 Å². The van der Waals surface area contributed by atoms with Gasteiger partial charge in [-0.05, 0) is 114 Å². The number of unbranched alkanes of at least 4 members (excludes halogenated alkanes) is 1. The van der Waals surface area contributed by atoms with Gasteiger partial charge in [0, 0.05) is 19.6 Å². The molecule has 3 rings (SSSR count). The van der Waals surface area contributed by atoms with E-state index in [9.17, 15) is 97.1 Å². The Kier molecular flexibility index (Phi) is 35.8. The Bertz CT molecular complexity index is 2900. The molecule has 20 N–H and O–H groups in total. The monoisotopic (exact) mass is 1420 g/mol. The van der Waals surface area contributed by atoms with Crippen molar-refractivity contribution in [2.75, 3.05) is 45.9 Å². The van der Waals surface area contributed by atoms with Crippen LogP contribution in [-0.4, -0.2) is 254 Å². The first kappa shape index (κ1) is 85.6. The lowest BCUT2D eigenvalue weighted by Crippen LogP contribution is -2.61. The van der Waals surface area contributed by atoms with E-state index in [1.807, 2.05) is 17.6 Å². The molecule has 0 saturated carbocycles. The van der Waals surface area contributed by atoms with E-state index in [1.165, 1.54) is 9.80 Å². The summed E-state index contributed by atoms with van der Waals surface area (Å²) >= 11 is 0. The van der Waals surface area contributed by atoms with Crippen molar-refractivity contribution >= 4 is 94.6 Å². The summed E-state index contributed by atoms with van der Waals surface area (Å²) in [6.07, 6.45) is -0.133. The van der Waals surface area contributed by atoms with Gasteiger partial charge in [0.2, 0.25) is 82.7 Å². The maximum atomic E-state index is 14.6. The number of aliphatic hydroxyl groups excluding tert-OH is 2. The Balaban J connectivity index is 1.77. The first-order chi connectivity index (χ1) is 47.0. The number of amides is 14. The zero-order valence-corrected chi connectivity index (χ0v) is 58.8. The van der Waals surface area contributed by atoms with Gasteiger partial charge < -0.3 is 105 Å². The minimum atomic E-state index is -1.93. The maximum absolute atomic E-state index is 14.6. The number of hydrogen-bond donors (Lipinski definition) is 17. The third-order valence-electron chi connectivity index (χ3n) is 17.4. The molecule has 0 aliphatic carbocycles. The van der Waals surface area contributed by atoms with Gasteiger partial charge in [0.05, 0.1) is 38.6 Å². The van der Waals surface area contributed by atoms with Crippen LogP contribution >= 0.6 is 0 Å². The lowest BCUT2D eigenvalue weighted by molar-refractivity contribution is -0.146. The van der Waals surface area contributed by atoms with Gasteiger partial charge in [0.25, 0.3) is 0 Å². The number of aliphatic hydroxyl groups is 2. The number of carboxylic acid groups (broad SMARTS) is 2. The Morgan fingerprint density at radius 2 is 0.890 bits per heavy atom. The summed E-state index contributed by atoms with van der Waals surface area (Å²) in [7, 11) is 0. The van der Waals surface area contributed by atoms with Crippen molar-refractivity contribution in [1.82, 2.24) is 67.9 Å². The van der Waals surface area contributed by atoms with Crippen LogP contribution in [0, 0.1) is 23.7 Å². The molecule has 100 heavy (non-hydrogen) atoms. The van der Waals surface area contributed by atoms with Crippen LogP contribution in [0.3, 0.4) is 0 Å². The molecule has 14 unspecified atom stereocenters. The molecule has 0 radical (unpaired) electrons. The molecule has 0 aromatic carbocycles. The molecule has 14 atom stereocenters. The largest absolute Gasteiger partial charge is 0.481 e. The van der Waals surface area contributed by atoms with E-state index in [0.29, 0.717) is 38.6 Å². The van der Waals surface area contributed by atoms with Crippen LogP contribution in [0.5, 0.6) is 0 Å². The van der Waals surface area contributed by atoms with Crippen molar-refractivity contribution in [3.63, 3.8) is 0 Å². The quantitative estimate of drug-likeness (QED) is 0.0254. The van der Waals surface area contributed by atoms with Gasteiger partial charge >= 0.3 is 11.9 Å². The van der Waals surface area contributed by atoms with Crippen molar-refractivity contribution < 1.29 is 97.1 Å². The van der Waals surface area contributed by atoms with Crippen molar-refractivity contribution in [2.24, 2.45) is 40.9 Å². The van der Waals surface area contributed by atoms with Crippen molar-refractivity contribution in [1.29, 1.82) is 0 Å². The van der Waals surface area contributed by atoms with Gasteiger partial charge in [0.1, 0.15) is 66.5 Å². The molecule has 3 fully saturated rings. The lowest BCUT2D eigenvalue weighted by atomic mass is 9.96. The number of carbonyl (C=O) groups is 16. The predicted molar refractivity (Wildman–Crippen MR) is 357 cm³/mol. The molecule has 0 aromatic heterocycles. The second kappa shape index (κ2) is 41.8. The number of nitrogens with zero attached hydrogens (tertiary/aromatic N) is 3. The molecule has 14 amide bonds. The van der Waals surface area contributed by atoms with Gasteiger partial charge in [-0.1, -0.05) is 61.8 Å². The molecular formula is C64H108N16O20. The number of carboxylic acids is 2. The summed E-state index contributed by atoms with van der Waals surface area (Å²) in [5.74, 6) is -16.5. The average Bonchev–Trinajstić information content (AvgIpc) is 1.61. The van der Waals surface area contributed by atoms with Crippen LogP contribution in [0.15, 0.2) is 0 Å². The van der Waals surface area contributed by atoms with Gasteiger partial charge in [-0.3, -0.25) is 71.9 Å². The summed E-state index contributed by atoms with van der Waals surface area (Å²) in [6.45, 7) is 13.3. The molecule has 36 nitrogen and oxygen atoms in total. The third kappa shape index (κ3) is 26.8. The van der Waals surface area contributed by atoms with E-state index in [0.717, 1.165) is 11.8 Å². The first-order valence-corrected chi connectivity index (χ1v) is 34.3. The molecule has 3 aliphatic rings. The summed E-state index contributed by atoms with van der Waals surface area (Å²) in [5, 5.41) is 63.1. The van der Waals surface area contributed by atoms with Gasteiger partial charge in [-0.15, -0.1) is 0 Å². The summed E-state index contributed by atoms with van der Waals surface area (Å²) < 4.78 is 0.